The molecule has 0 unspecified atom stereocenters. The lowest BCUT2D eigenvalue weighted by atomic mass is 10.1. The Morgan fingerprint density at radius 3 is 2.62 bits per heavy atom. The van der Waals surface area contributed by atoms with Gasteiger partial charge in [0.25, 0.3) is 5.91 Å². The van der Waals surface area contributed by atoms with E-state index in [-0.39, 0.29) is 5.91 Å². The highest BCUT2D eigenvalue weighted by Crippen LogP contribution is 2.39. The van der Waals surface area contributed by atoms with Crippen LogP contribution in [-0.2, 0) is 6.54 Å². The molecule has 0 aliphatic heterocycles. The van der Waals surface area contributed by atoms with Gasteiger partial charge in [0.15, 0.2) is 0 Å². The Bertz CT molecular complexity index is 671. The summed E-state index contributed by atoms with van der Waals surface area (Å²) in [5.41, 5.74) is 2.60. The van der Waals surface area contributed by atoms with Gasteiger partial charge in [-0.25, -0.2) is 0 Å². The summed E-state index contributed by atoms with van der Waals surface area (Å²) in [6, 6.07) is 7.70. The van der Waals surface area contributed by atoms with Crippen molar-refractivity contribution >= 4 is 5.91 Å². The number of pyridine rings is 1. The molecule has 1 amide bonds. The highest BCUT2D eigenvalue weighted by molar-refractivity contribution is 5.95. The van der Waals surface area contributed by atoms with Gasteiger partial charge in [0.2, 0.25) is 0 Å². The van der Waals surface area contributed by atoms with Crippen LogP contribution in [-0.4, -0.2) is 22.8 Å². The molecule has 0 saturated heterocycles. The number of furan rings is 1. The van der Waals surface area contributed by atoms with E-state index in [1.54, 1.807) is 11.9 Å². The molecule has 0 radical (unpaired) electrons. The smallest absolute Gasteiger partial charge is 0.255 e. The zero-order chi connectivity index (χ0) is 15.0. The first kappa shape index (κ1) is 13.9. The Morgan fingerprint density at radius 1 is 1.29 bits per heavy atom. The fourth-order valence-electron chi connectivity index (χ4n) is 2.49. The van der Waals surface area contributed by atoms with E-state index in [0.29, 0.717) is 18.0 Å². The average molecular weight is 284 g/mol. The van der Waals surface area contributed by atoms with Crippen LogP contribution in [0.25, 0.3) is 0 Å². The predicted octanol–water partition coefficient (Wildman–Crippen LogP) is 3.44. The van der Waals surface area contributed by atoms with E-state index in [2.05, 4.69) is 4.98 Å². The van der Waals surface area contributed by atoms with Crippen molar-refractivity contribution in [2.75, 3.05) is 7.05 Å². The van der Waals surface area contributed by atoms with Crippen LogP contribution < -0.4 is 0 Å². The number of carbonyl (C=O) groups excluding carboxylic acids is 1. The van der Waals surface area contributed by atoms with Crippen LogP contribution in [0.1, 0.15) is 52.0 Å². The summed E-state index contributed by atoms with van der Waals surface area (Å²) in [5.74, 6) is 2.24. The second-order valence-corrected chi connectivity index (χ2v) is 5.82. The molecule has 1 aliphatic rings. The lowest BCUT2D eigenvalue weighted by molar-refractivity contribution is 0.0773. The topological polar surface area (TPSA) is 46.3 Å². The molecule has 1 saturated carbocycles. The SMILES string of the molecule is Cc1ccc(CN(C)C(=O)c2ccc(C3CC3)nc2C)o1. The number of nitrogens with zero attached hydrogens (tertiary/aromatic N) is 2. The molecule has 4 heteroatoms. The summed E-state index contributed by atoms with van der Waals surface area (Å²) in [6.45, 7) is 4.27. The number of aryl methyl sites for hydroxylation is 2. The van der Waals surface area contributed by atoms with Crippen molar-refractivity contribution < 1.29 is 9.21 Å². The number of rotatable bonds is 4. The molecule has 110 valence electrons. The quantitative estimate of drug-likeness (QED) is 0.864. The van der Waals surface area contributed by atoms with Crippen LogP contribution in [0, 0.1) is 13.8 Å². The van der Waals surface area contributed by atoms with Gasteiger partial charge in [-0.15, -0.1) is 0 Å². The van der Waals surface area contributed by atoms with Crippen molar-refractivity contribution in [3.8, 4) is 0 Å². The maximum Gasteiger partial charge on any atom is 0.255 e. The van der Waals surface area contributed by atoms with E-state index in [9.17, 15) is 4.79 Å². The van der Waals surface area contributed by atoms with Crippen molar-refractivity contribution in [1.29, 1.82) is 0 Å². The van der Waals surface area contributed by atoms with E-state index >= 15 is 0 Å². The van der Waals surface area contributed by atoms with E-state index in [4.69, 9.17) is 4.42 Å². The molecule has 21 heavy (non-hydrogen) atoms. The second-order valence-electron chi connectivity index (χ2n) is 5.82. The zero-order valence-electron chi connectivity index (χ0n) is 12.7. The number of carbonyl (C=O) groups is 1. The van der Waals surface area contributed by atoms with Crippen molar-refractivity contribution in [2.45, 2.75) is 39.2 Å². The van der Waals surface area contributed by atoms with E-state index < -0.39 is 0 Å². The summed E-state index contributed by atoms with van der Waals surface area (Å²) in [5, 5.41) is 0. The monoisotopic (exact) mass is 284 g/mol. The van der Waals surface area contributed by atoms with E-state index in [1.807, 2.05) is 38.1 Å². The molecule has 2 heterocycles. The summed E-state index contributed by atoms with van der Waals surface area (Å²) < 4.78 is 5.52. The lowest BCUT2D eigenvalue weighted by Gasteiger charge is -2.17. The molecule has 0 N–H and O–H groups in total. The third-order valence-electron chi connectivity index (χ3n) is 3.87. The normalized spacial score (nSPS) is 14.2. The second kappa shape index (κ2) is 5.35. The fourth-order valence-corrected chi connectivity index (χ4v) is 2.49. The van der Waals surface area contributed by atoms with Crippen molar-refractivity contribution in [1.82, 2.24) is 9.88 Å². The van der Waals surface area contributed by atoms with Crippen LogP contribution in [0.3, 0.4) is 0 Å². The summed E-state index contributed by atoms with van der Waals surface area (Å²) in [4.78, 5) is 18.8. The first-order valence-corrected chi connectivity index (χ1v) is 7.33. The Labute approximate surface area is 124 Å². The van der Waals surface area contributed by atoms with Crippen LogP contribution in [0.5, 0.6) is 0 Å². The minimum Gasteiger partial charge on any atom is -0.464 e. The van der Waals surface area contributed by atoms with Gasteiger partial charge < -0.3 is 9.32 Å². The molecule has 2 aromatic heterocycles. The van der Waals surface area contributed by atoms with Gasteiger partial charge in [0, 0.05) is 18.7 Å². The predicted molar refractivity (Wildman–Crippen MR) is 80.2 cm³/mol. The maximum atomic E-state index is 12.5. The molecule has 1 fully saturated rings. The van der Waals surface area contributed by atoms with E-state index in [1.165, 1.54) is 12.8 Å². The van der Waals surface area contributed by atoms with Crippen LogP contribution in [0.4, 0.5) is 0 Å². The molecule has 4 nitrogen and oxygen atoms in total. The number of hydrogen-bond donors (Lipinski definition) is 0. The molecule has 0 spiro atoms. The first-order chi connectivity index (χ1) is 10.0. The van der Waals surface area contributed by atoms with Crippen molar-refractivity contribution in [3.63, 3.8) is 0 Å². The third kappa shape index (κ3) is 2.99. The average Bonchev–Trinajstić information content (AvgIpc) is 3.22. The molecule has 3 rings (SSSR count). The van der Waals surface area contributed by atoms with Crippen LogP contribution >= 0.6 is 0 Å². The highest BCUT2D eigenvalue weighted by atomic mass is 16.3. The van der Waals surface area contributed by atoms with Gasteiger partial charge in [0.1, 0.15) is 11.5 Å². The zero-order valence-corrected chi connectivity index (χ0v) is 12.7. The third-order valence-corrected chi connectivity index (χ3v) is 3.87. The molecule has 0 bridgehead atoms. The number of aromatic nitrogens is 1. The van der Waals surface area contributed by atoms with Crippen molar-refractivity contribution in [3.05, 3.63) is 52.7 Å². The van der Waals surface area contributed by atoms with Gasteiger partial charge in [0.05, 0.1) is 17.8 Å². The molecule has 0 atom stereocenters. The summed E-state index contributed by atoms with van der Waals surface area (Å²) in [6.07, 6.45) is 2.44. The van der Waals surface area contributed by atoms with Crippen LogP contribution in [0.15, 0.2) is 28.7 Å². The first-order valence-electron chi connectivity index (χ1n) is 7.33. The Kier molecular flexibility index (Phi) is 3.53. The van der Waals surface area contributed by atoms with Crippen LogP contribution in [0.2, 0.25) is 0 Å². The maximum absolute atomic E-state index is 12.5. The minimum absolute atomic E-state index is 0.0172. The Morgan fingerprint density at radius 2 is 2.05 bits per heavy atom. The number of amides is 1. The molecule has 2 aromatic rings. The van der Waals surface area contributed by atoms with Gasteiger partial charge >= 0.3 is 0 Å². The highest BCUT2D eigenvalue weighted by Gasteiger charge is 2.26. The van der Waals surface area contributed by atoms with Crippen molar-refractivity contribution in [2.24, 2.45) is 0 Å². The van der Waals surface area contributed by atoms with E-state index in [0.717, 1.165) is 22.9 Å². The molecular formula is C17H20N2O2. The number of hydrogen-bond acceptors (Lipinski definition) is 3. The lowest BCUT2D eigenvalue weighted by Crippen LogP contribution is -2.27. The van der Waals surface area contributed by atoms with Gasteiger partial charge in [-0.1, -0.05) is 0 Å². The molecule has 1 aliphatic carbocycles. The largest absolute Gasteiger partial charge is 0.464 e. The Balaban J connectivity index is 1.74. The Hall–Kier alpha value is -2.10. The molecule has 0 aromatic carbocycles. The summed E-state index contributed by atoms with van der Waals surface area (Å²) >= 11 is 0. The standard InChI is InChI=1S/C17H20N2O2/c1-11-4-7-14(21-11)10-19(3)17(20)15-8-9-16(13-5-6-13)18-12(15)2/h4,7-9,13H,5-6,10H2,1-3H3. The minimum atomic E-state index is -0.0172. The van der Waals surface area contributed by atoms with Gasteiger partial charge in [-0.2, -0.15) is 0 Å². The molecular weight excluding hydrogens is 264 g/mol. The van der Waals surface area contributed by atoms with Gasteiger partial charge in [-0.3, -0.25) is 9.78 Å². The summed E-state index contributed by atoms with van der Waals surface area (Å²) in [7, 11) is 1.79. The van der Waals surface area contributed by atoms with Gasteiger partial charge in [-0.05, 0) is 51.0 Å². The fraction of sp³-hybridized carbons (Fsp3) is 0.412.